The van der Waals surface area contributed by atoms with E-state index in [1.54, 1.807) is 48.3 Å². The summed E-state index contributed by atoms with van der Waals surface area (Å²) in [6.07, 6.45) is 0. The maximum absolute atomic E-state index is 12.8. The third kappa shape index (κ3) is 5.86. The molecule has 162 valence electrons. The molecule has 0 atom stereocenters. The number of anilines is 1. The van der Waals surface area contributed by atoms with Gasteiger partial charge in [0.15, 0.2) is 0 Å². The lowest BCUT2D eigenvalue weighted by Gasteiger charge is -2.18. The Kier molecular flexibility index (Phi) is 6.97. The van der Waals surface area contributed by atoms with Crippen LogP contribution in [0.3, 0.4) is 0 Å². The summed E-state index contributed by atoms with van der Waals surface area (Å²) in [4.78, 5) is 14.4. The standard InChI is InChI=1S/C24H26N2O4S/c1-4-30-22-14-12-21(13-15-22)25-31(28,29)23-7-5-6-20(16-23)24(27)26(3)17-19-10-8-18(2)9-11-19/h5-16,25H,4,17H2,1-3H3. The molecule has 6 nitrogen and oxygen atoms in total. The third-order valence-corrected chi connectivity index (χ3v) is 6.07. The number of nitrogens with one attached hydrogen (secondary N) is 1. The molecule has 0 heterocycles. The maximum Gasteiger partial charge on any atom is 0.261 e. The van der Waals surface area contributed by atoms with Crippen molar-refractivity contribution >= 4 is 21.6 Å². The number of nitrogens with zero attached hydrogens (tertiary/aromatic N) is 1. The second-order valence-electron chi connectivity index (χ2n) is 7.24. The summed E-state index contributed by atoms with van der Waals surface area (Å²) in [5.74, 6) is 0.411. The fourth-order valence-electron chi connectivity index (χ4n) is 3.06. The maximum atomic E-state index is 12.8. The van der Waals surface area contributed by atoms with Gasteiger partial charge in [-0.05, 0) is 61.9 Å². The SMILES string of the molecule is CCOc1ccc(NS(=O)(=O)c2cccc(C(=O)N(C)Cc3ccc(C)cc3)c2)cc1. The Hall–Kier alpha value is -3.32. The van der Waals surface area contributed by atoms with E-state index in [-0.39, 0.29) is 10.8 Å². The zero-order valence-corrected chi connectivity index (χ0v) is 18.6. The molecular weight excluding hydrogens is 412 g/mol. The summed E-state index contributed by atoms with van der Waals surface area (Å²) >= 11 is 0. The fraction of sp³-hybridized carbons (Fsp3) is 0.208. The Bertz CT molecular complexity index is 1140. The van der Waals surface area contributed by atoms with E-state index >= 15 is 0 Å². The molecule has 0 saturated carbocycles. The van der Waals surface area contributed by atoms with Gasteiger partial charge in [0.1, 0.15) is 5.75 Å². The van der Waals surface area contributed by atoms with E-state index in [0.29, 0.717) is 30.2 Å². The van der Waals surface area contributed by atoms with Gasteiger partial charge in [-0.25, -0.2) is 8.42 Å². The normalized spacial score (nSPS) is 11.1. The van der Waals surface area contributed by atoms with Crippen molar-refractivity contribution in [3.05, 3.63) is 89.5 Å². The van der Waals surface area contributed by atoms with Crippen LogP contribution in [0.1, 0.15) is 28.4 Å². The molecule has 0 aliphatic rings. The number of carbonyl (C=O) groups is 1. The molecular formula is C24H26N2O4S. The van der Waals surface area contributed by atoms with E-state index in [0.717, 1.165) is 11.1 Å². The quantitative estimate of drug-likeness (QED) is 0.563. The average Bonchev–Trinajstić information content (AvgIpc) is 2.76. The summed E-state index contributed by atoms with van der Waals surface area (Å²) in [6, 6.07) is 20.6. The average molecular weight is 439 g/mol. The van der Waals surface area contributed by atoms with Gasteiger partial charge < -0.3 is 9.64 Å². The summed E-state index contributed by atoms with van der Waals surface area (Å²) in [5, 5.41) is 0. The predicted octanol–water partition coefficient (Wildman–Crippen LogP) is 4.47. The number of ether oxygens (including phenoxy) is 1. The minimum absolute atomic E-state index is 0.0240. The first kappa shape index (κ1) is 22.4. The molecule has 3 rings (SSSR count). The molecule has 3 aromatic carbocycles. The zero-order chi connectivity index (χ0) is 22.4. The van der Waals surface area contributed by atoms with Crippen LogP contribution in [-0.2, 0) is 16.6 Å². The summed E-state index contributed by atoms with van der Waals surface area (Å²) in [6.45, 7) is 4.85. The van der Waals surface area contributed by atoms with E-state index in [9.17, 15) is 13.2 Å². The van der Waals surface area contributed by atoms with Crippen LogP contribution in [0.2, 0.25) is 0 Å². The Morgan fingerprint density at radius 1 is 1.00 bits per heavy atom. The molecule has 0 spiro atoms. The van der Waals surface area contributed by atoms with Gasteiger partial charge in [0, 0.05) is 24.8 Å². The topological polar surface area (TPSA) is 75.7 Å². The number of hydrogen-bond donors (Lipinski definition) is 1. The van der Waals surface area contributed by atoms with Crippen LogP contribution in [0, 0.1) is 6.92 Å². The molecule has 0 aromatic heterocycles. The number of hydrogen-bond acceptors (Lipinski definition) is 4. The Labute approximate surface area is 183 Å². The third-order valence-electron chi connectivity index (χ3n) is 4.70. The molecule has 1 N–H and O–H groups in total. The first-order chi connectivity index (χ1) is 14.8. The second-order valence-corrected chi connectivity index (χ2v) is 8.92. The smallest absolute Gasteiger partial charge is 0.261 e. The van der Waals surface area contributed by atoms with E-state index in [1.165, 1.54) is 12.1 Å². The van der Waals surface area contributed by atoms with Gasteiger partial charge >= 0.3 is 0 Å². The molecule has 0 aliphatic heterocycles. The minimum atomic E-state index is -3.85. The summed E-state index contributed by atoms with van der Waals surface area (Å²) in [5.41, 5.74) is 2.87. The minimum Gasteiger partial charge on any atom is -0.494 e. The number of rotatable bonds is 8. The van der Waals surface area contributed by atoms with Crippen molar-refractivity contribution < 1.29 is 17.9 Å². The lowest BCUT2D eigenvalue weighted by molar-refractivity contribution is 0.0785. The van der Waals surface area contributed by atoms with Crippen molar-refractivity contribution in [2.24, 2.45) is 0 Å². The van der Waals surface area contributed by atoms with E-state index in [4.69, 9.17) is 4.74 Å². The van der Waals surface area contributed by atoms with Gasteiger partial charge in [-0.1, -0.05) is 35.9 Å². The van der Waals surface area contributed by atoms with Gasteiger partial charge in [-0.15, -0.1) is 0 Å². The Balaban J connectivity index is 1.74. The molecule has 1 amide bonds. The highest BCUT2D eigenvalue weighted by Gasteiger charge is 2.18. The molecule has 3 aromatic rings. The van der Waals surface area contributed by atoms with Crippen molar-refractivity contribution in [3.8, 4) is 5.75 Å². The molecule has 0 bridgehead atoms. The molecule has 0 fully saturated rings. The van der Waals surface area contributed by atoms with Crippen molar-refractivity contribution in [1.82, 2.24) is 4.90 Å². The predicted molar refractivity (Wildman–Crippen MR) is 122 cm³/mol. The number of benzene rings is 3. The summed E-state index contributed by atoms with van der Waals surface area (Å²) in [7, 11) is -2.15. The molecule has 0 saturated heterocycles. The highest BCUT2D eigenvalue weighted by molar-refractivity contribution is 7.92. The van der Waals surface area contributed by atoms with E-state index < -0.39 is 10.0 Å². The second kappa shape index (κ2) is 9.66. The fourth-order valence-corrected chi connectivity index (χ4v) is 4.16. The lowest BCUT2D eigenvalue weighted by Crippen LogP contribution is -2.26. The van der Waals surface area contributed by atoms with Gasteiger partial charge in [-0.2, -0.15) is 0 Å². The van der Waals surface area contributed by atoms with Crippen molar-refractivity contribution in [3.63, 3.8) is 0 Å². The van der Waals surface area contributed by atoms with Crippen LogP contribution < -0.4 is 9.46 Å². The number of aryl methyl sites for hydroxylation is 1. The number of sulfonamides is 1. The van der Waals surface area contributed by atoms with Crippen LogP contribution in [0.15, 0.2) is 77.7 Å². The van der Waals surface area contributed by atoms with Crippen LogP contribution in [0.4, 0.5) is 5.69 Å². The van der Waals surface area contributed by atoms with Gasteiger partial charge in [0.25, 0.3) is 15.9 Å². The number of amides is 1. The van der Waals surface area contributed by atoms with Crippen LogP contribution in [-0.4, -0.2) is 32.9 Å². The van der Waals surface area contributed by atoms with Crippen molar-refractivity contribution in [2.75, 3.05) is 18.4 Å². The van der Waals surface area contributed by atoms with E-state index in [2.05, 4.69) is 4.72 Å². The Morgan fingerprint density at radius 3 is 2.32 bits per heavy atom. The first-order valence-electron chi connectivity index (χ1n) is 9.95. The van der Waals surface area contributed by atoms with Gasteiger partial charge in [0.2, 0.25) is 0 Å². The first-order valence-corrected chi connectivity index (χ1v) is 11.4. The van der Waals surface area contributed by atoms with Crippen LogP contribution in [0.25, 0.3) is 0 Å². The van der Waals surface area contributed by atoms with Crippen molar-refractivity contribution in [2.45, 2.75) is 25.3 Å². The highest BCUT2D eigenvalue weighted by atomic mass is 32.2. The Morgan fingerprint density at radius 2 is 1.68 bits per heavy atom. The summed E-state index contributed by atoms with van der Waals surface area (Å²) < 4.78 is 33.5. The zero-order valence-electron chi connectivity index (χ0n) is 17.8. The molecule has 0 unspecified atom stereocenters. The van der Waals surface area contributed by atoms with Gasteiger partial charge in [-0.3, -0.25) is 9.52 Å². The van der Waals surface area contributed by atoms with E-state index in [1.807, 2.05) is 38.1 Å². The lowest BCUT2D eigenvalue weighted by atomic mass is 10.1. The molecule has 31 heavy (non-hydrogen) atoms. The highest BCUT2D eigenvalue weighted by Crippen LogP contribution is 2.21. The largest absolute Gasteiger partial charge is 0.494 e. The molecule has 0 radical (unpaired) electrons. The van der Waals surface area contributed by atoms with Crippen LogP contribution >= 0.6 is 0 Å². The van der Waals surface area contributed by atoms with Crippen LogP contribution in [0.5, 0.6) is 5.75 Å². The monoisotopic (exact) mass is 438 g/mol. The van der Waals surface area contributed by atoms with Gasteiger partial charge in [0.05, 0.1) is 11.5 Å². The number of carbonyl (C=O) groups excluding carboxylic acids is 1. The molecule has 7 heteroatoms. The van der Waals surface area contributed by atoms with Crippen molar-refractivity contribution in [1.29, 1.82) is 0 Å². The molecule has 0 aliphatic carbocycles.